The summed E-state index contributed by atoms with van der Waals surface area (Å²) >= 11 is 0. The number of allylic oxidation sites excluding steroid dienone is 4. The van der Waals surface area contributed by atoms with Crippen LogP contribution in [-0.4, -0.2) is 59.0 Å². The van der Waals surface area contributed by atoms with E-state index in [9.17, 15) is 24.9 Å². The summed E-state index contributed by atoms with van der Waals surface area (Å²) in [5, 5.41) is 35.7. The molecule has 1 aromatic rings. The number of phenolic OH excluding ortho intramolecular Hbond substituents is 1. The molecule has 0 radical (unpaired) electrons. The van der Waals surface area contributed by atoms with Crippen molar-refractivity contribution >= 4 is 11.9 Å². The van der Waals surface area contributed by atoms with E-state index in [0.717, 1.165) is 18.4 Å². The number of aryl methyl sites for hydroxylation is 1. The maximum Gasteiger partial charge on any atom is 0.305 e. The van der Waals surface area contributed by atoms with Crippen molar-refractivity contribution in [2.45, 2.75) is 70.6 Å². The van der Waals surface area contributed by atoms with Crippen LogP contribution < -0.4 is 15.4 Å². The van der Waals surface area contributed by atoms with Crippen molar-refractivity contribution in [3.8, 4) is 11.5 Å². The van der Waals surface area contributed by atoms with Crippen LogP contribution in [0.15, 0.2) is 42.5 Å². The molecule has 0 heterocycles. The molecule has 1 aliphatic carbocycles. The first-order valence-corrected chi connectivity index (χ1v) is 12.4. The number of carboxylic acid groups (broad SMARTS) is 1. The predicted molar refractivity (Wildman–Crippen MR) is 135 cm³/mol. The lowest BCUT2D eigenvalue weighted by molar-refractivity contribution is -0.140. The van der Waals surface area contributed by atoms with Crippen LogP contribution in [0.2, 0.25) is 0 Å². The van der Waals surface area contributed by atoms with Gasteiger partial charge in [0.25, 0.3) is 0 Å². The largest absolute Gasteiger partial charge is 0.504 e. The first kappa shape index (κ1) is 28.4. The summed E-state index contributed by atoms with van der Waals surface area (Å²) in [5.41, 5.74) is 0.912. The van der Waals surface area contributed by atoms with E-state index < -0.39 is 30.1 Å². The number of hydrogen-bond donors (Lipinski definition) is 5. The normalized spacial score (nSPS) is 18.5. The number of methoxy groups -OCH3 is 1. The van der Waals surface area contributed by atoms with E-state index in [0.29, 0.717) is 43.4 Å². The Kier molecular flexibility index (Phi) is 11.8. The average Bonchev–Trinajstić information content (AvgIpc) is 2.84. The second-order valence-corrected chi connectivity index (χ2v) is 9.20. The molecule has 0 saturated heterocycles. The fourth-order valence-corrected chi connectivity index (χ4v) is 4.42. The Morgan fingerprint density at radius 1 is 1.26 bits per heavy atom. The SMILES string of the molecule is CC[C@H](C[C@H](O)[C@@H](C)NC(=O)[C@H](CC(=O)O)NCCCc1ccc(OC)c(O)c1)C1C=CC=CC1. The number of phenols is 1. The molecule has 0 saturated carbocycles. The molecule has 1 amide bonds. The minimum atomic E-state index is -1.07. The zero-order valence-corrected chi connectivity index (χ0v) is 20.9. The van der Waals surface area contributed by atoms with Gasteiger partial charge in [-0.2, -0.15) is 0 Å². The summed E-state index contributed by atoms with van der Waals surface area (Å²) in [6.45, 7) is 4.28. The predicted octanol–water partition coefficient (Wildman–Crippen LogP) is 3.18. The number of carbonyl (C=O) groups excluding carboxylic acids is 1. The number of aliphatic hydroxyl groups excluding tert-OH is 1. The Hall–Kier alpha value is -2.84. The topological polar surface area (TPSA) is 128 Å². The van der Waals surface area contributed by atoms with Gasteiger partial charge in [-0.25, -0.2) is 0 Å². The first-order chi connectivity index (χ1) is 16.7. The summed E-state index contributed by atoms with van der Waals surface area (Å²) in [6.07, 6.45) is 11.0. The van der Waals surface area contributed by atoms with E-state index >= 15 is 0 Å². The van der Waals surface area contributed by atoms with Gasteiger partial charge in [0, 0.05) is 0 Å². The number of rotatable bonds is 15. The average molecular weight is 489 g/mol. The smallest absolute Gasteiger partial charge is 0.305 e. The van der Waals surface area contributed by atoms with Gasteiger partial charge < -0.3 is 30.7 Å². The van der Waals surface area contributed by atoms with Crippen LogP contribution in [0.4, 0.5) is 0 Å². The number of nitrogens with one attached hydrogen (secondary N) is 2. The molecule has 0 fully saturated rings. The number of amides is 1. The highest BCUT2D eigenvalue weighted by molar-refractivity contribution is 5.86. The second-order valence-electron chi connectivity index (χ2n) is 9.20. The van der Waals surface area contributed by atoms with Crippen LogP contribution in [0.25, 0.3) is 0 Å². The Balaban J connectivity index is 1.85. The molecule has 0 aromatic heterocycles. The van der Waals surface area contributed by atoms with Crippen molar-refractivity contribution in [3.05, 3.63) is 48.1 Å². The minimum Gasteiger partial charge on any atom is -0.504 e. The molecule has 1 aliphatic rings. The minimum absolute atomic E-state index is 0.0647. The standard InChI is InChI=1S/C27H40N2O6/c1-4-20(21-10-6-5-7-11-21)16-23(30)18(2)29-27(34)22(17-26(32)33)28-14-8-9-19-12-13-25(35-3)24(31)15-19/h5-7,10,12-13,15,18,20-23,28,30-31H,4,8-9,11,14,16-17H2,1-3H3,(H,29,34)(H,32,33)/t18-,20-,21?,22+,23+/m1/s1. The fraction of sp³-hybridized carbons (Fsp3) is 0.556. The van der Waals surface area contributed by atoms with E-state index in [1.54, 1.807) is 19.1 Å². The van der Waals surface area contributed by atoms with Crippen LogP contribution >= 0.6 is 0 Å². The van der Waals surface area contributed by atoms with Crippen LogP contribution in [-0.2, 0) is 16.0 Å². The van der Waals surface area contributed by atoms with E-state index in [2.05, 4.69) is 29.7 Å². The third kappa shape index (κ3) is 9.38. The summed E-state index contributed by atoms with van der Waals surface area (Å²) in [7, 11) is 1.49. The molecule has 5 atom stereocenters. The number of carbonyl (C=O) groups is 2. The van der Waals surface area contributed by atoms with Crippen molar-refractivity contribution in [2.75, 3.05) is 13.7 Å². The molecule has 8 nitrogen and oxygen atoms in total. The van der Waals surface area contributed by atoms with E-state index in [1.165, 1.54) is 7.11 Å². The Morgan fingerprint density at radius 3 is 2.63 bits per heavy atom. The quantitative estimate of drug-likeness (QED) is 0.240. The van der Waals surface area contributed by atoms with Gasteiger partial charge >= 0.3 is 5.97 Å². The number of ether oxygens (including phenoxy) is 1. The molecule has 2 rings (SSSR count). The third-order valence-corrected chi connectivity index (χ3v) is 6.61. The zero-order chi connectivity index (χ0) is 25.8. The first-order valence-electron chi connectivity index (χ1n) is 12.4. The molecule has 8 heteroatoms. The third-order valence-electron chi connectivity index (χ3n) is 6.61. The number of benzene rings is 1. The van der Waals surface area contributed by atoms with Gasteiger partial charge in [0.15, 0.2) is 11.5 Å². The molecule has 0 spiro atoms. The maximum absolute atomic E-state index is 12.8. The molecule has 194 valence electrons. The van der Waals surface area contributed by atoms with Crippen molar-refractivity contribution in [2.24, 2.45) is 11.8 Å². The summed E-state index contributed by atoms with van der Waals surface area (Å²) in [5.74, 6) is -0.371. The van der Waals surface area contributed by atoms with Crippen LogP contribution in [0.3, 0.4) is 0 Å². The van der Waals surface area contributed by atoms with Gasteiger partial charge in [0.1, 0.15) is 0 Å². The van der Waals surface area contributed by atoms with E-state index in [-0.39, 0.29) is 12.2 Å². The van der Waals surface area contributed by atoms with Gasteiger partial charge in [0.05, 0.1) is 31.7 Å². The summed E-state index contributed by atoms with van der Waals surface area (Å²) in [6, 6.07) is 3.77. The van der Waals surface area contributed by atoms with Crippen LogP contribution in [0, 0.1) is 11.8 Å². The fourth-order valence-electron chi connectivity index (χ4n) is 4.42. The van der Waals surface area contributed by atoms with Gasteiger partial charge in [0.2, 0.25) is 5.91 Å². The van der Waals surface area contributed by atoms with Crippen molar-refractivity contribution in [1.82, 2.24) is 10.6 Å². The summed E-state index contributed by atoms with van der Waals surface area (Å²) in [4.78, 5) is 24.1. The monoisotopic (exact) mass is 488 g/mol. The molecule has 35 heavy (non-hydrogen) atoms. The van der Waals surface area contributed by atoms with Gasteiger partial charge in [-0.1, -0.05) is 43.7 Å². The Bertz CT molecular complexity index is 884. The van der Waals surface area contributed by atoms with Crippen LogP contribution in [0.5, 0.6) is 11.5 Å². The highest BCUT2D eigenvalue weighted by atomic mass is 16.5. The van der Waals surface area contributed by atoms with Crippen molar-refractivity contribution in [3.63, 3.8) is 0 Å². The lowest BCUT2D eigenvalue weighted by Gasteiger charge is -2.29. The Morgan fingerprint density at radius 2 is 2.03 bits per heavy atom. The zero-order valence-electron chi connectivity index (χ0n) is 20.9. The highest BCUT2D eigenvalue weighted by Crippen LogP contribution is 2.29. The number of aliphatic carboxylic acids is 1. The lowest BCUT2D eigenvalue weighted by atomic mass is 9.81. The molecule has 0 bridgehead atoms. The molecule has 5 N–H and O–H groups in total. The van der Waals surface area contributed by atoms with Crippen LogP contribution in [0.1, 0.15) is 51.5 Å². The molecule has 1 unspecified atom stereocenters. The maximum atomic E-state index is 12.8. The number of carboxylic acids is 1. The van der Waals surface area contributed by atoms with Gasteiger partial charge in [-0.15, -0.1) is 0 Å². The molecular weight excluding hydrogens is 448 g/mol. The summed E-state index contributed by atoms with van der Waals surface area (Å²) < 4.78 is 5.04. The highest BCUT2D eigenvalue weighted by Gasteiger charge is 2.27. The van der Waals surface area contributed by atoms with E-state index in [4.69, 9.17) is 4.74 Å². The van der Waals surface area contributed by atoms with E-state index in [1.807, 2.05) is 18.2 Å². The van der Waals surface area contributed by atoms with Gasteiger partial charge in [-0.05, 0) is 68.7 Å². The number of hydrogen-bond acceptors (Lipinski definition) is 6. The number of aliphatic hydroxyl groups is 1. The van der Waals surface area contributed by atoms with Crippen molar-refractivity contribution < 1.29 is 29.6 Å². The molecule has 1 aromatic carbocycles. The van der Waals surface area contributed by atoms with Gasteiger partial charge in [-0.3, -0.25) is 9.59 Å². The van der Waals surface area contributed by atoms with Crippen molar-refractivity contribution in [1.29, 1.82) is 0 Å². The molecular formula is C27H40N2O6. The molecule has 0 aliphatic heterocycles. The second kappa shape index (κ2) is 14.5. The lowest BCUT2D eigenvalue weighted by Crippen LogP contribution is -2.51. The Labute approximate surface area is 208 Å². The number of aromatic hydroxyl groups is 1.